The predicted molar refractivity (Wildman–Crippen MR) is 71.3 cm³/mol. The van der Waals surface area contributed by atoms with E-state index in [0.717, 1.165) is 37.6 Å². The van der Waals surface area contributed by atoms with Crippen molar-refractivity contribution in [2.45, 2.75) is 26.8 Å². The van der Waals surface area contributed by atoms with E-state index in [4.69, 9.17) is 4.74 Å². The Labute approximate surface area is 104 Å². The molecule has 0 saturated heterocycles. The molecule has 17 heavy (non-hydrogen) atoms. The second kappa shape index (κ2) is 8.03. The molecule has 4 nitrogen and oxygen atoms in total. The van der Waals surface area contributed by atoms with Crippen LogP contribution in [0.25, 0.3) is 0 Å². The minimum atomic E-state index is 0.693. The Morgan fingerprint density at radius 3 is 2.82 bits per heavy atom. The Morgan fingerprint density at radius 1 is 1.29 bits per heavy atom. The SMILES string of the molecule is CCCNCc1cc(C)nc(NCCOC)c1. The van der Waals surface area contributed by atoms with Crippen LogP contribution in [-0.2, 0) is 11.3 Å². The Hall–Kier alpha value is -1.13. The van der Waals surface area contributed by atoms with Crippen LogP contribution in [-0.4, -0.2) is 31.8 Å². The molecule has 1 heterocycles. The Balaban J connectivity index is 2.53. The van der Waals surface area contributed by atoms with E-state index in [1.54, 1.807) is 7.11 Å². The van der Waals surface area contributed by atoms with Gasteiger partial charge in [-0.15, -0.1) is 0 Å². The third kappa shape index (κ3) is 5.65. The summed E-state index contributed by atoms with van der Waals surface area (Å²) >= 11 is 0. The molecule has 0 spiro atoms. The van der Waals surface area contributed by atoms with Crippen molar-refractivity contribution in [1.29, 1.82) is 0 Å². The van der Waals surface area contributed by atoms with E-state index in [0.29, 0.717) is 6.61 Å². The second-order valence-electron chi connectivity index (χ2n) is 4.10. The molecule has 0 amide bonds. The van der Waals surface area contributed by atoms with Gasteiger partial charge in [-0.05, 0) is 37.6 Å². The van der Waals surface area contributed by atoms with E-state index >= 15 is 0 Å². The zero-order valence-electron chi connectivity index (χ0n) is 11.0. The summed E-state index contributed by atoms with van der Waals surface area (Å²) in [4.78, 5) is 4.44. The summed E-state index contributed by atoms with van der Waals surface area (Å²) in [5.74, 6) is 0.926. The second-order valence-corrected chi connectivity index (χ2v) is 4.10. The topological polar surface area (TPSA) is 46.2 Å². The number of pyridine rings is 1. The standard InChI is InChI=1S/C13H23N3O/c1-4-5-14-10-12-8-11(2)16-13(9-12)15-6-7-17-3/h8-9,14H,4-7,10H2,1-3H3,(H,15,16). The fraction of sp³-hybridized carbons (Fsp3) is 0.615. The predicted octanol–water partition coefficient (Wildman–Crippen LogP) is 1.95. The van der Waals surface area contributed by atoms with Gasteiger partial charge in [0.2, 0.25) is 0 Å². The molecule has 0 fully saturated rings. The fourth-order valence-electron chi connectivity index (χ4n) is 1.62. The smallest absolute Gasteiger partial charge is 0.126 e. The minimum absolute atomic E-state index is 0.693. The lowest BCUT2D eigenvalue weighted by Gasteiger charge is -2.09. The molecular weight excluding hydrogens is 214 g/mol. The zero-order chi connectivity index (χ0) is 12.5. The van der Waals surface area contributed by atoms with Crippen molar-refractivity contribution in [3.05, 3.63) is 23.4 Å². The van der Waals surface area contributed by atoms with Gasteiger partial charge in [0, 0.05) is 25.9 Å². The number of aryl methyl sites for hydroxylation is 1. The van der Waals surface area contributed by atoms with Crippen molar-refractivity contribution in [3.8, 4) is 0 Å². The van der Waals surface area contributed by atoms with Gasteiger partial charge >= 0.3 is 0 Å². The highest BCUT2D eigenvalue weighted by molar-refractivity contribution is 5.39. The lowest BCUT2D eigenvalue weighted by atomic mass is 10.2. The average molecular weight is 237 g/mol. The zero-order valence-corrected chi connectivity index (χ0v) is 11.0. The summed E-state index contributed by atoms with van der Waals surface area (Å²) in [6, 6.07) is 4.20. The molecule has 0 radical (unpaired) electrons. The van der Waals surface area contributed by atoms with Gasteiger partial charge in [0.1, 0.15) is 5.82 Å². The van der Waals surface area contributed by atoms with Gasteiger partial charge in [0.25, 0.3) is 0 Å². The van der Waals surface area contributed by atoms with Crippen LogP contribution >= 0.6 is 0 Å². The van der Waals surface area contributed by atoms with Gasteiger partial charge in [-0.3, -0.25) is 0 Å². The molecule has 1 aromatic rings. The number of nitrogens with zero attached hydrogens (tertiary/aromatic N) is 1. The molecule has 1 aromatic heterocycles. The number of rotatable bonds is 8. The summed E-state index contributed by atoms with van der Waals surface area (Å²) in [6.45, 7) is 7.62. The van der Waals surface area contributed by atoms with Crippen molar-refractivity contribution in [2.75, 3.05) is 32.1 Å². The molecular formula is C13H23N3O. The van der Waals surface area contributed by atoms with Gasteiger partial charge in [0.15, 0.2) is 0 Å². The Bertz CT molecular complexity index is 300. The molecule has 0 aliphatic carbocycles. The first-order chi connectivity index (χ1) is 8.26. The first-order valence-corrected chi connectivity index (χ1v) is 6.17. The van der Waals surface area contributed by atoms with Crippen LogP contribution in [0.15, 0.2) is 12.1 Å². The fourth-order valence-corrected chi connectivity index (χ4v) is 1.62. The van der Waals surface area contributed by atoms with Gasteiger partial charge in [-0.2, -0.15) is 0 Å². The molecule has 2 N–H and O–H groups in total. The van der Waals surface area contributed by atoms with Crippen molar-refractivity contribution < 1.29 is 4.74 Å². The van der Waals surface area contributed by atoms with Crippen LogP contribution in [0, 0.1) is 6.92 Å². The van der Waals surface area contributed by atoms with Crippen LogP contribution < -0.4 is 10.6 Å². The summed E-state index contributed by atoms with van der Waals surface area (Å²) in [5, 5.41) is 6.65. The number of methoxy groups -OCH3 is 1. The van der Waals surface area contributed by atoms with Crippen molar-refractivity contribution >= 4 is 5.82 Å². The van der Waals surface area contributed by atoms with Gasteiger partial charge in [-0.25, -0.2) is 4.98 Å². The molecule has 4 heteroatoms. The number of anilines is 1. The quantitative estimate of drug-likeness (QED) is 0.678. The number of hydrogen-bond donors (Lipinski definition) is 2. The van der Waals surface area contributed by atoms with E-state index in [-0.39, 0.29) is 0 Å². The summed E-state index contributed by atoms with van der Waals surface area (Å²) in [5.41, 5.74) is 2.31. The van der Waals surface area contributed by atoms with E-state index in [9.17, 15) is 0 Å². The van der Waals surface area contributed by atoms with Crippen LogP contribution in [0.2, 0.25) is 0 Å². The lowest BCUT2D eigenvalue weighted by molar-refractivity contribution is 0.210. The van der Waals surface area contributed by atoms with Gasteiger partial charge < -0.3 is 15.4 Å². The highest BCUT2D eigenvalue weighted by Gasteiger charge is 1.99. The maximum atomic E-state index is 5.00. The van der Waals surface area contributed by atoms with Crippen molar-refractivity contribution in [3.63, 3.8) is 0 Å². The number of nitrogens with one attached hydrogen (secondary N) is 2. The Kier molecular flexibility index (Phi) is 6.58. The van der Waals surface area contributed by atoms with Crippen LogP contribution in [0.4, 0.5) is 5.82 Å². The average Bonchev–Trinajstić information content (AvgIpc) is 2.29. The first-order valence-electron chi connectivity index (χ1n) is 6.17. The molecule has 0 saturated carbocycles. The molecule has 96 valence electrons. The molecule has 0 atom stereocenters. The maximum absolute atomic E-state index is 5.00. The largest absolute Gasteiger partial charge is 0.383 e. The Morgan fingerprint density at radius 2 is 2.12 bits per heavy atom. The number of aromatic nitrogens is 1. The van der Waals surface area contributed by atoms with Crippen LogP contribution in [0.1, 0.15) is 24.6 Å². The molecule has 0 aliphatic rings. The van der Waals surface area contributed by atoms with E-state index in [1.807, 2.05) is 6.92 Å². The van der Waals surface area contributed by atoms with E-state index in [2.05, 4.69) is 34.7 Å². The first kappa shape index (κ1) is 13.9. The number of ether oxygens (including phenoxy) is 1. The summed E-state index contributed by atoms with van der Waals surface area (Å²) < 4.78 is 5.00. The third-order valence-corrected chi connectivity index (χ3v) is 2.38. The maximum Gasteiger partial charge on any atom is 0.126 e. The van der Waals surface area contributed by atoms with Gasteiger partial charge in [-0.1, -0.05) is 6.92 Å². The minimum Gasteiger partial charge on any atom is -0.383 e. The molecule has 0 aromatic carbocycles. The number of hydrogen-bond acceptors (Lipinski definition) is 4. The monoisotopic (exact) mass is 237 g/mol. The van der Waals surface area contributed by atoms with Crippen molar-refractivity contribution in [1.82, 2.24) is 10.3 Å². The van der Waals surface area contributed by atoms with E-state index < -0.39 is 0 Å². The molecule has 0 aliphatic heterocycles. The highest BCUT2D eigenvalue weighted by Crippen LogP contribution is 2.09. The van der Waals surface area contributed by atoms with E-state index in [1.165, 1.54) is 5.56 Å². The van der Waals surface area contributed by atoms with Crippen LogP contribution in [0.5, 0.6) is 0 Å². The highest BCUT2D eigenvalue weighted by atomic mass is 16.5. The summed E-state index contributed by atoms with van der Waals surface area (Å²) in [6.07, 6.45) is 1.16. The lowest BCUT2D eigenvalue weighted by Crippen LogP contribution is -2.15. The molecule has 1 rings (SSSR count). The van der Waals surface area contributed by atoms with Gasteiger partial charge in [0.05, 0.1) is 6.61 Å². The normalized spacial score (nSPS) is 10.5. The third-order valence-electron chi connectivity index (χ3n) is 2.38. The summed E-state index contributed by atoms with van der Waals surface area (Å²) in [7, 11) is 1.70. The van der Waals surface area contributed by atoms with Crippen LogP contribution in [0.3, 0.4) is 0 Å². The molecule has 0 bridgehead atoms. The van der Waals surface area contributed by atoms with Crippen molar-refractivity contribution in [2.24, 2.45) is 0 Å². The molecule has 0 unspecified atom stereocenters.